The van der Waals surface area contributed by atoms with Gasteiger partial charge in [0.25, 0.3) is 0 Å². The number of amides is 1. The summed E-state index contributed by atoms with van der Waals surface area (Å²) in [5, 5.41) is 3.01. The minimum atomic E-state index is 0.0996. The second-order valence-electron chi connectivity index (χ2n) is 7.27. The van der Waals surface area contributed by atoms with Gasteiger partial charge in [0.15, 0.2) is 0 Å². The van der Waals surface area contributed by atoms with Crippen molar-refractivity contribution >= 4 is 11.6 Å². The molecule has 2 heteroatoms. The number of aryl methyl sites for hydroxylation is 1. The molecule has 0 bridgehead atoms. The van der Waals surface area contributed by atoms with E-state index in [-0.39, 0.29) is 17.2 Å². The zero-order valence-electron chi connectivity index (χ0n) is 13.7. The lowest BCUT2D eigenvalue weighted by atomic mass is 9.79. The summed E-state index contributed by atoms with van der Waals surface area (Å²) in [4.78, 5) is 12.1. The van der Waals surface area contributed by atoms with Gasteiger partial charge in [0.2, 0.25) is 5.91 Å². The van der Waals surface area contributed by atoms with E-state index < -0.39 is 0 Å². The Bertz CT molecular complexity index is 725. The maximum Gasteiger partial charge on any atom is 0.225 e. The first-order chi connectivity index (χ1) is 10.3. The topological polar surface area (TPSA) is 29.1 Å². The number of carbonyl (C=O) groups is 1. The van der Waals surface area contributed by atoms with Gasteiger partial charge in [0.1, 0.15) is 0 Å². The molecule has 1 unspecified atom stereocenters. The summed E-state index contributed by atoms with van der Waals surface area (Å²) in [5.74, 6) is 0.244. The number of rotatable bonds is 1. The highest BCUT2D eigenvalue weighted by molar-refractivity contribution is 5.95. The summed E-state index contributed by atoms with van der Waals surface area (Å²) in [6.07, 6.45) is 0.518. The third-order valence-corrected chi connectivity index (χ3v) is 4.40. The van der Waals surface area contributed by atoms with Gasteiger partial charge in [-0.2, -0.15) is 0 Å². The first-order valence-corrected chi connectivity index (χ1v) is 7.85. The lowest BCUT2D eigenvalue weighted by Crippen LogP contribution is -2.24. The SMILES string of the molecule is Cc1cccc(C2CC(=O)Nc3ccc(C(C)(C)C)cc32)c1. The van der Waals surface area contributed by atoms with E-state index in [1.807, 2.05) is 0 Å². The average molecular weight is 293 g/mol. The van der Waals surface area contributed by atoms with Crippen molar-refractivity contribution in [2.24, 2.45) is 0 Å². The van der Waals surface area contributed by atoms with Gasteiger partial charge in [-0.15, -0.1) is 0 Å². The van der Waals surface area contributed by atoms with Gasteiger partial charge >= 0.3 is 0 Å². The van der Waals surface area contributed by atoms with Crippen molar-refractivity contribution in [3.8, 4) is 0 Å². The van der Waals surface area contributed by atoms with Crippen LogP contribution in [-0.4, -0.2) is 5.91 Å². The van der Waals surface area contributed by atoms with Crippen molar-refractivity contribution in [2.45, 2.75) is 45.4 Å². The lowest BCUT2D eigenvalue weighted by Gasteiger charge is -2.29. The summed E-state index contributed by atoms with van der Waals surface area (Å²) in [5.41, 5.74) is 6.06. The molecule has 1 aliphatic rings. The summed E-state index contributed by atoms with van der Waals surface area (Å²) in [7, 11) is 0. The highest BCUT2D eigenvalue weighted by Crippen LogP contribution is 2.39. The monoisotopic (exact) mass is 293 g/mol. The highest BCUT2D eigenvalue weighted by atomic mass is 16.1. The molecule has 0 aliphatic carbocycles. The van der Waals surface area contributed by atoms with Gasteiger partial charge in [0, 0.05) is 18.0 Å². The number of benzene rings is 2. The van der Waals surface area contributed by atoms with E-state index in [0.717, 1.165) is 5.69 Å². The molecule has 2 aromatic rings. The van der Waals surface area contributed by atoms with Crippen LogP contribution < -0.4 is 5.32 Å². The van der Waals surface area contributed by atoms with Crippen molar-refractivity contribution in [1.29, 1.82) is 0 Å². The van der Waals surface area contributed by atoms with Crippen LogP contribution in [0.2, 0.25) is 0 Å². The molecule has 1 amide bonds. The summed E-state index contributed by atoms with van der Waals surface area (Å²) in [6, 6.07) is 14.9. The summed E-state index contributed by atoms with van der Waals surface area (Å²) < 4.78 is 0. The van der Waals surface area contributed by atoms with E-state index in [9.17, 15) is 4.79 Å². The average Bonchev–Trinajstić information content (AvgIpc) is 2.45. The third-order valence-electron chi connectivity index (χ3n) is 4.40. The Morgan fingerprint density at radius 1 is 1.09 bits per heavy atom. The maximum absolute atomic E-state index is 12.1. The Balaban J connectivity index is 2.12. The molecular formula is C20H23NO. The number of anilines is 1. The Kier molecular flexibility index (Phi) is 3.56. The molecule has 1 atom stereocenters. The number of hydrogen-bond donors (Lipinski definition) is 1. The predicted octanol–water partition coefficient (Wildman–Crippen LogP) is 4.77. The van der Waals surface area contributed by atoms with E-state index in [1.165, 1.54) is 22.3 Å². The van der Waals surface area contributed by atoms with Crippen LogP contribution >= 0.6 is 0 Å². The quantitative estimate of drug-likeness (QED) is 0.806. The number of hydrogen-bond acceptors (Lipinski definition) is 1. The number of carbonyl (C=O) groups excluding carboxylic acids is 1. The normalized spacial score (nSPS) is 17.8. The zero-order valence-corrected chi connectivity index (χ0v) is 13.7. The molecule has 0 aromatic heterocycles. The molecule has 1 N–H and O–H groups in total. The Hall–Kier alpha value is -2.09. The standard InChI is InChI=1S/C20H23NO/c1-13-6-5-7-14(10-13)16-12-19(22)21-18-9-8-15(11-17(16)18)20(2,3)4/h5-11,16H,12H2,1-4H3,(H,21,22). The van der Waals surface area contributed by atoms with Crippen molar-refractivity contribution in [1.82, 2.24) is 0 Å². The molecule has 2 aromatic carbocycles. The van der Waals surface area contributed by atoms with E-state index in [2.05, 4.69) is 75.5 Å². The lowest BCUT2D eigenvalue weighted by molar-refractivity contribution is -0.116. The van der Waals surface area contributed by atoms with E-state index in [0.29, 0.717) is 6.42 Å². The molecule has 1 heterocycles. The van der Waals surface area contributed by atoms with Gasteiger partial charge in [-0.05, 0) is 35.1 Å². The van der Waals surface area contributed by atoms with Gasteiger partial charge in [-0.25, -0.2) is 0 Å². The largest absolute Gasteiger partial charge is 0.326 e. The predicted molar refractivity (Wildman–Crippen MR) is 91.4 cm³/mol. The third kappa shape index (κ3) is 2.78. The Morgan fingerprint density at radius 2 is 1.86 bits per heavy atom. The zero-order chi connectivity index (χ0) is 15.9. The van der Waals surface area contributed by atoms with E-state index in [4.69, 9.17) is 0 Å². The van der Waals surface area contributed by atoms with Crippen molar-refractivity contribution in [2.75, 3.05) is 5.32 Å². The van der Waals surface area contributed by atoms with Crippen LogP contribution in [0.25, 0.3) is 0 Å². The highest BCUT2D eigenvalue weighted by Gasteiger charge is 2.28. The molecule has 1 aliphatic heterocycles. The Labute approximate surface area is 132 Å². The minimum absolute atomic E-state index is 0.0996. The number of fused-ring (bicyclic) bond motifs is 1. The van der Waals surface area contributed by atoms with Crippen LogP contribution in [0.1, 0.15) is 55.4 Å². The number of nitrogens with one attached hydrogen (secondary N) is 1. The molecule has 22 heavy (non-hydrogen) atoms. The first-order valence-electron chi connectivity index (χ1n) is 7.85. The van der Waals surface area contributed by atoms with E-state index in [1.54, 1.807) is 0 Å². The molecule has 2 nitrogen and oxygen atoms in total. The molecule has 0 spiro atoms. The first kappa shape index (κ1) is 14.8. The van der Waals surface area contributed by atoms with Gasteiger partial charge in [-0.3, -0.25) is 4.79 Å². The molecule has 0 fully saturated rings. The van der Waals surface area contributed by atoms with Crippen molar-refractivity contribution < 1.29 is 4.79 Å². The second-order valence-corrected chi connectivity index (χ2v) is 7.27. The summed E-state index contributed by atoms with van der Waals surface area (Å²) in [6.45, 7) is 8.76. The molecule has 0 saturated heterocycles. The molecule has 0 saturated carbocycles. The van der Waals surface area contributed by atoms with Crippen molar-refractivity contribution in [3.05, 3.63) is 64.7 Å². The molecule has 0 radical (unpaired) electrons. The van der Waals surface area contributed by atoms with Crippen LogP contribution in [0.3, 0.4) is 0 Å². The smallest absolute Gasteiger partial charge is 0.225 e. The van der Waals surface area contributed by atoms with Gasteiger partial charge in [0.05, 0.1) is 0 Å². The fourth-order valence-corrected chi connectivity index (χ4v) is 3.11. The molecule has 114 valence electrons. The molecule has 3 rings (SSSR count). The fraction of sp³-hybridized carbons (Fsp3) is 0.350. The van der Waals surface area contributed by atoms with Crippen LogP contribution in [0.5, 0.6) is 0 Å². The minimum Gasteiger partial charge on any atom is -0.326 e. The van der Waals surface area contributed by atoms with Gasteiger partial charge in [-0.1, -0.05) is 62.7 Å². The maximum atomic E-state index is 12.1. The van der Waals surface area contributed by atoms with Crippen molar-refractivity contribution in [3.63, 3.8) is 0 Å². The Morgan fingerprint density at radius 3 is 2.55 bits per heavy atom. The van der Waals surface area contributed by atoms with Crippen LogP contribution in [0.4, 0.5) is 5.69 Å². The second kappa shape index (κ2) is 5.28. The summed E-state index contributed by atoms with van der Waals surface area (Å²) >= 11 is 0. The van der Waals surface area contributed by atoms with Crippen LogP contribution in [0, 0.1) is 6.92 Å². The molecular weight excluding hydrogens is 270 g/mol. The van der Waals surface area contributed by atoms with Crippen LogP contribution in [-0.2, 0) is 10.2 Å². The fourth-order valence-electron chi connectivity index (χ4n) is 3.11. The van der Waals surface area contributed by atoms with E-state index >= 15 is 0 Å². The van der Waals surface area contributed by atoms with Gasteiger partial charge < -0.3 is 5.32 Å². The van der Waals surface area contributed by atoms with Crippen LogP contribution in [0.15, 0.2) is 42.5 Å².